The monoisotopic (exact) mass is 502 g/mol. The van der Waals surface area contributed by atoms with Crippen molar-refractivity contribution >= 4 is 11.8 Å². The molecule has 0 spiro atoms. The summed E-state index contributed by atoms with van der Waals surface area (Å²) in [7, 11) is 0. The third-order valence-electron chi connectivity index (χ3n) is 7.18. The van der Waals surface area contributed by atoms with Crippen LogP contribution in [0.1, 0.15) is 47.9 Å². The smallest absolute Gasteiger partial charge is 0.261 e. The Morgan fingerprint density at radius 3 is 2.41 bits per heavy atom. The second kappa shape index (κ2) is 12.5. The van der Waals surface area contributed by atoms with Crippen molar-refractivity contribution in [3.05, 3.63) is 101 Å². The number of hydrogen-bond donors (Lipinski definition) is 1. The molecule has 37 heavy (non-hydrogen) atoms. The van der Waals surface area contributed by atoms with Gasteiger partial charge in [-0.15, -0.1) is 0 Å². The lowest BCUT2D eigenvalue weighted by atomic mass is 10.0. The zero-order chi connectivity index (χ0) is 26.2. The molecular weight excluding hydrogens is 467 g/mol. The molecule has 3 aromatic carbocycles. The summed E-state index contributed by atoms with van der Waals surface area (Å²) in [5, 5.41) is 3.16. The van der Waals surface area contributed by atoms with Crippen LogP contribution >= 0.6 is 0 Å². The van der Waals surface area contributed by atoms with Crippen LogP contribution in [0.15, 0.2) is 72.8 Å². The van der Waals surface area contributed by atoms with E-state index < -0.39 is 11.9 Å². The Morgan fingerprint density at radius 1 is 0.973 bits per heavy atom. The molecule has 1 N–H and O–H groups in total. The lowest BCUT2D eigenvalue weighted by Crippen LogP contribution is -2.53. The minimum Gasteiger partial charge on any atom is -0.483 e. The van der Waals surface area contributed by atoms with Gasteiger partial charge in [0.2, 0.25) is 5.91 Å². The second-order valence-electron chi connectivity index (χ2n) is 9.80. The van der Waals surface area contributed by atoms with Crippen LogP contribution in [0.25, 0.3) is 0 Å². The first-order valence-electron chi connectivity index (χ1n) is 13.0. The second-order valence-corrected chi connectivity index (χ2v) is 9.80. The van der Waals surface area contributed by atoms with Gasteiger partial charge in [0.15, 0.2) is 6.61 Å². The number of rotatable bonds is 10. The number of halogens is 1. The van der Waals surface area contributed by atoms with E-state index in [1.807, 2.05) is 62.4 Å². The van der Waals surface area contributed by atoms with Crippen molar-refractivity contribution in [3.63, 3.8) is 0 Å². The summed E-state index contributed by atoms with van der Waals surface area (Å²) >= 11 is 0. The Bertz CT molecular complexity index is 1210. The van der Waals surface area contributed by atoms with E-state index in [1.54, 1.807) is 18.2 Å². The topological polar surface area (TPSA) is 58.6 Å². The number of nitrogens with one attached hydrogen (secondary N) is 1. The van der Waals surface area contributed by atoms with E-state index in [9.17, 15) is 14.0 Å². The molecule has 1 fully saturated rings. The fourth-order valence-corrected chi connectivity index (χ4v) is 4.83. The molecule has 1 atom stereocenters. The Hall–Kier alpha value is -3.67. The lowest BCUT2D eigenvalue weighted by Gasteiger charge is -2.32. The summed E-state index contributed by atoms with van der Waals surface area (Å²) in [5.74, 6) is -0.376. The van der Waals surface area contributed by atoms with Gasteiger partial charge in [-0.2, -0.15) is 0 Å². The first kappa shape index (κ1) is 26.4. The Labute approximate surface area is 218 Å². The minimum absolute atomic E-state index is 0.0305. The molecule has 0 saturated heterocycles. The minimum atomic E-state index is -0.808. The van der Waals surface area contributed by atoms with E-state index in [4.69, 9.17) is 4.74 Å². The number of hydrogen-bond acceptors (Lipinski definition) is 3. The molecule has 1 aliphatic rings. The lowest BCUT2D eigenvalue weighted by molar-refractivity contribution is -0.143. The first-order chi connectivity index (χ1) is 17.9. The van der Waals surface area contributed by atoms with Crippen molar-refractivity contribution < 1.29 is 18.7 Å². The molecule has 2 amide bonds. The predicted octanol–water partition coefficient (Wildman–Crippen LogP) is 5.52. The molecule has 1 aliphatic carbocycles. The molecule has 6 heteroatoms. The average molecular weight is 503 g/mol. The van der Waals surface area contributed by atoms with Gasteiger partial charge in [-0.25, -0.2) is 4.39 Å². The zero-order valence-corrected chi connectivity index (χ0v) is 21.6. The van der Waals surface area contributed by atoms with Gasteiger partial charge in [-0.1, -0.05) is 73.5 Å². The van der Waals surface area contributed by atoms with Crippen LogP contribution in [0.2, 0.25) is 0 Å². The number of benzene rings is 3. The zero-order valence-electron chi connectivity index (χ0n) is 21.6. The number of ether oxygens (including phenoxy) is 1. The van der Waals surface area contributed by atoms with Crippen molar-refractivity contribution in [1.82, 2.24) is 10.2 Å². The van der Waals surface area contributed by atoms with Gasteiger partial charge in [0, 0.05) is 24.6 Å². The summed E-state index contributed by atoms with van der Waals surface area (Å²) in [6, 6.07) is 21.0. The van der Waals surface area contributed by atoms with Crippen molar-refractivity contribution in [1.29, 1.82) is 0 Å². The van der Waals surface area contributed by atoms with Crippen molar-refractivity contribution in [2.24, 2.45) is 0 Å². The molecule has 1 unspecified atom stereocenters. The van der Waals surface area contributed by atoms with Gasteiger partial charge in [-0.05, 0) is 55.5 Å². The largest absolute Gasteiger partial charge is 0.483 e. The molecule has 0 aromatic heterocycles. The van der Waals surface area contributed by atoms with E-state index in [-0.39, 0.29) is 31.0 Å². The molecule has 1 saturated carbocycles. The van der Waals surface area contributed by atoms with Gasteiger partial charge in [0.25, 0.3) is 5.91 Å². The normalized spacial score (nSPS) is 14.2. The fraction of sp³-hybridized carbons (Fsp3) is 0.355. The number of carbonyl (C=O) groups excluding carboxylic acids is 2. The van der Waals surface area contributed by atoms with Gasteiger partial charge in [0.1, 0.15) is 17.6 Å². The molecule has 5 nitrogen and oxygen atoms in total. The number of amides is 2. The van der Waals surface area contributed by atoms with E-state index in [1.165, 1.54) is 11.0 Å². The van der Waals surface area contributed by atoms with Crippen LogP contribution in [0, 0.1) is 19.7 Å². The Morgan fingerprint density at radius 2 is 1.68 bits per heavy atom. The Kier molecular flexibility index (Phi) is 8.94. The molecular formula is C31H35FN2O3. The van der Waals surface area contributed by atoms with Gasteiger partial charge in [-0.3, -0.25) is 9.59 Å². The third kappa shape index (κ3) is 6.97. The highest BCUT2D eigenvalue weighted by Crippen LogP contribution is 2.23. The maximum absolute atomic E-state index is 14.7. The van der Waals surface area contributed by atoms with Gasteiger partial charge >= 0.3 is 0 Å². The van der Waals surface area contributed by atoms with E-state index >= 15 is 0 Å². The predicted molar refractivity (Wildman–Crippen MR) is 143 cm³/mol. The summed E-state index contributed by atoms with van der Waals surface area (Å²) < 4.78 is 20.6. The molecule has 0 aliphatic heterocycles. The van der Waals surface area contributed by atoms with Crippen LogP contribution in [0.3, 0.4) is 0 Å². The van der Waals surface area contributed by atoms with Crippen LogP contribution in [-0.2, 0) is 22.6 Å². The van der Waals surface area contributed by atoms with E-state index in [0.717, 1.165) is 42.4 Å². The molecule has 0 radical (unpaired) electrons. The maximum atomic E-state index is 14.7. The SMILES string of the molecule is Cc1cccc(OCC(=O)N(Cc2ccccc2F)C(Cc2ccccc2)C(=O)NC2CCCC2)c1C. The third-order valence-corrected chi connectivity index (χ3v) is 7.18. The van der Waals surface area contributed by atoms with Crippen LogP contribution in [0.4, 0.5) is 4.39 Å². The van der Waals surface area contributed by atoms with Gasteiger partial charge in [0.05, 0.1) is 0 Å². The highest BCUT2D eigenvalue weighted by molar-refractivity contribution is 5.88. The van der Waals surface area contributed by atoms with Crippen LogP contribution in [0.5, 0.6) is 5.75 Å². The standard InChI is InChI=1S/C31H35FN2O3/c1-22-11-10-18-29(23(22)2)37-21-30(35)34(20-25-14-6-9-17-27(25)32)28(19-24-12-4-3-5-13-24)31(36)33-26-15-7-8-16-26/h3-6,9-14,17-18,26,28H,7-8,15-16,19-21H2,1-2H3,(H,33,36). The average Bonchev–Trinajstić information content (AvgIpc) is 3.41. The molecule has 0 heterocycles. The summed E-state index contributed by atoms with van der Waals surface area (Å²) in [4.78, 5) is 28.8. The fourth-order valence-electron chi connectivity index (χ4n) is 4.83. The molecule has 3 aromatic rings. The highest BCUT2D eigenvalue weighted by atomic mass is 19.1. The summed E-state index contributed by atoms with van der Waals surface area (Å²) in [6.45, 7) is 3.65. The van der Waals surface area contributed by atoms with Crippen LogP contribution < -0.4 is 10.1 Å². The summed E-state index contributed by atoms with van der Waals surface area (Å²) in [6.07, 6.45) is 4.34. The van der Waals surface area contributed by atoms with E-state index in [2.05, 4.69) is 5.32 Å². The van der Waals surface area contributed by atoms with Crippen molar-refractivity contribution in [3.8, 4) is 5.75 Å². The number of nitrogens with zero attached hydrogens (tertiary/aromatic N) is 1. The first-order valence-corrected chi connectivity index (χ1v) is 13.0. The number of carbonyl (C=O) groups is 2. The number of aryl methyl sites for hydroxylation is 1. The molecule has 4 rings (SSSR count). The van der Waals surface area contributed by atoms with E-state index in [0.29, 0.717) is 17.7 Å². The molecule has 194 valence electrons. The van der Waals surface area contributed by atoms with Gasteiger partial charge < -0.3 is 15.0 Å². The van der Waals surface area contributed by atoms with Crippen LogP contribution in [-0.4, -0.2) is 35.4 Å². The van der Waals surface area contributed by atoms with Crippen molar-refractivity contribution in [2.45, 2.75) is 64.6 Å². The molecule has 0 bridgehead atoms. The quantitative estimate of drug-likeness (QED) is 0.397. The highest BCUT2D eigenvalue weighted by Gasteiger charge is 2.33. The maximum Gasteiger partial charge on any atom is 0.261 e. The van der Waals surface area contributed by atoms with Crippen molar-refractivity contribution in [2.75, 3.05) is 6.61 Å². The Balaban J connectivity index is 1.63. The summed E-state index contributed by atoms with van der Waals surface area (Å²) in [5.41, 5.74) is 3.30.